The molecule has 2 aliphatic heterocycles. The molecule has 1 saturated heterocycles. The fourth-order valence-corrected chi connectivity index (χ4v) is 1.70. The molecule has 1 aromatic carbocycles. The van der Waals surface area contributed by atoms with E-state index in [9.17, 15) is 0 Å². The fraction of sp³-hybridized carbons (Fsp3) is 0.200. The summed E-state index contributed by atoms with van der Waals surface area (Å²) in [6.45, 7) is 0.860. The highest BCUT2D eigenvalue weighted by Crippen LogP contribution is 2.29. The highest BCUT2D eigenvalue weighted by molar-refractivity contribution is 5.63. The highest BCUT2D eigenvalue weighted by Gasteiger charge is 2.25. The predicted octanol–water partition coefficient (Wildman–Crippen LogP) is 0.896. The molecule has 1 atom stereocenters. The van der Waals surface area contributed by atoms with Crippen molar-refractivity contribution in [2.24, 2.45) is 0 Å². The second-order valence-electron chi connectivity index (χ2n) is 3.25. The standard InChI is InChI=1S/C10H10N2O/c1-2-4-9-7(3-1)5-8-6-11-12-10(8)13-9/h1-5,10-12H,6H2. The zero-order chi connectivity index (χ0) is 8.67. The van der Waals surface area contributed by atoms with E-state index in [4.69, 9.17) is 4.74 Å². The van der Waals surface area contributed by atoms with Crippen LogP contribution in [-0.4, -0.2) is 12.8 Å². The minimum atomic E-state index is 0.0231. The van der Waals surface area contributed by atoms with E-state index in [0.717, 1.165) is 12.3 Å². The summed E-state index contributed by atoms with van der Waals surface area (Å²) in [6.07, 6.45) is 2.20. The number of rotatable bonds is 0. The lowest BCUT2D eigenvalue weighted by molar-refractivity contribution is 0.206. The molecule has 2 heterocycles. The van der Waals surface area contributed by atoms with Crippen molar-refractivity contribution in [3.05, 3.63) is 35.4 Å². The van der Waals surface area contributed by atoms with Gasteiger partial charge in [0, 0.05) is 17.7 Å². The molecule has 3 rings (SSSR count). The normalized spacial score (nSPS) is 24.3. The molecule has 0 aliphatic carbocycles. The van der Waals surface area contributed by atoms with E-state index in [1.807, 2.05) is 18.2 Å². The molecule has 3 heteroatoms. The molecule has 0 aromatic heterocycles. The number of fused-ring (bicyclic) bond motifs is 2. The maximum Gasteiger partial charge on any atom is 0.186 e. The summed E-state index contributed by atoms with van der Waals surface area (Å²) in [5.74, 6) is 0.951. The Kier molecular flexibility index (Phi) is 1.41. The SMILES string of the molecule is C1=C2CNNC2Oc2ccccc21. The Balaban J connectivity index is 2.10. The lowest BCUT2D eigenvalue weighted by Crippen LogP contribution is -2.35. The van der Waals surface area contributed by atoms with Crippen molar-refractivity contribution in [2.45, 2.75) is 6.23 Å². The van der Waals surface area contributed by atoms with Gasteiger partial charge in [-0.3, -0.25) is 5.43 Å². The number of hydrazine groups is 1. The Hall–Kier alpha value is -1.32. The topological polar surface area (TPSA) is 33.3 Å². The van der Waals surface area contributed by atoms with Crippen molar-refractivity contribution in [2.75, 3.05) is 6.54 Å². The molecule has 0 radical (unpaired) electrons. The summed E-state index contributed by atoms with van der Waals surface area (Å²) in [4.78, 5) is 0. The van der Waals surface area contributed by atoms with Crippen LogP contribution in [0, 0.1) is 0 Å². The number of nitrogens with one attached hydrogen (secondary N) is 2. The van der Waals surface area contributed by atoms with Crippen LogP contribution in [-0.2, 0) is 0 Å². The van der Waals surface area contributed by atoms with E-state index in [1.54, 1.807) is 0 Å². The lowest BCUT2D eigenvalue weighted by Gasteiger charge is -2.20. The van der Waals surface area contributed by atoms with Crippen LogP contribution in [0.15, 0.2) is 29.8 Å². The van der Waals surface area contributed by atoms with E-state index >= 15 is 0 Å². The molecule has 0 saturated carbocycles. The monoisotopic (exact) mass is 174 g/mol. The molecule has 0 bridgehead atoms. The van der Waals surface area contributed by atoms with Gasteiger partial charge in [0.15, 0.2) is 6.23 Å². The molecule has 13 heavy (non-hydrogen) atoms. The Morgan fingerprint density at radius 1 is 1.31 bits per heavy atom. The largest absolute Gasteiger partial charge is 0.470 e. The van der Waals surface area contributed by atoms with E-state index < -0.39 is 0 Å². The summed E-state index contributed by atoms with van der Waals surface area (Å²) < 4.78 is 5.71. The van der Waals surface area contributed by atoms with E-state index in [0.29, 0.717) is 0 Å². The average molecular weight is 174 g/mol. The van der Waals surface area contributed by atoms with Gasteiger partial charge in [-0.15, -0.1) is 0 Å². The highest BCUT2D eigenvalue weighted by atomic mass is 16.5. The zero-order valence-corrected chi connectivity index (χ0v) is 7.08. The molecule has 0 amide bonds. The van der Waals surface area contributed by atoms with Crippen LogP contribution in [0.4, 0.5) is 0 Å². The molecular weight excluding hydrogens is 164 g/mol. The molecule has 2 aliphatic rings. The molecule has 1 aromatic rings. The van der Waals surface area contributed by atoms with Crippen LogP contribution < -0.4 is 15.6 Å². The van der Waals surface area contributed by atoms with Crippen LogP contribution in [0.1, 0.15) is 5.56 Å². The van der Waals surface area contributed by atoms with E-state index in [-0.39, 0.29) is 6.23 Å². The molecule has 0 spiro atoms. The molecule has 1 unspecified atom stereocenters. The van der Waals surface area contributed by atoms with Crippen molar-refractivity contribution >= 4 is 6.08 Å². The number of benzene rings is 1. The zero-order valence-electron chi connectivity index (χ0n) is 7.08. The molecule has 66 valence electrons. The third kappa shape index (κ3) is 1.05. The molecule has 1 fully saturated rings. The lowest BCUT2D eigenvalue weighted by atomic mass is 10.1. The first-order chi connectivity index (χ1) is 6.43. The van der Waals surface area contributed by atoms with Crippen molar-refractivity contribution in [3.8, 4) is 5.75 Å². The predicted molar refractivity (Wildman–Crippen MR) is 50.0 cm³/mol. The van der Waals surface area contributed by atoms with Crippen molar-refractivity contribution in [1.82, 2.24) is 10.9 Å². The van der Waals surface area contributed by atoms with Crippen LogP contribution in [0.5, 0.6) is 5.75 Å². The van der Waals surface area contributed by atoms with Gasteiger partial charge in [0.05, 0.1) is 0 Å². The first-order valence-corrected chi connectivity index (χ1v) is 4.38. The van der Waals surface area contributed by atoms with Gasteiger partial charge in [-0.1, -0.05) is 18.2 Å². The van der Waals surface area contributed by atoms with Crippen LogP contribution in [0.25, 0.3) is 6.08 Å². The summed E-state index contributed by atoms with van der Waals surface area (Å²) in [7, 11) is 0. The summed E-state index contributed by atoms with van der Waals surface area (Å²) in [5.41, 5.74) is 8.54. The Bertz CT molecular complexity index is 373. The smallest absolute Gasteiger partial charge is 0.186 e. The number of hydrogen-bond donors (Lipinski definition) is 2. The maximum absolute atomic E-state index is 5.71. The summed E-state index contributed by atoms with van der Waals surface area (Å²) in [6, 6.07) is 8.06. The first kappa shape index (κ1) is 7.12. The van der Waals surface area contributed by atoms with Gasteiger partial charge in [0.1, 0.15) is 5.75 Å². The van der Waals surface area contributed by atoms with Gasteiger partial charge in [-0.2, -0.15) is 0 Å². The Morgan fingerprint density at radius 2 is 2.23 bits per heavy atom. The molecular formula is C10H10N2O. The number of para-hydroxylation sites is 1. The second-order valence-corrected chi connectivity index (χ2v) is 3.25. The average Bonchev–Trinajstić information content (AvgIpc) is 2.61. The van der Waals surface area contributed by atoms with Gasteiger partial charge in [0.2, 0.25) is 0 Å². The molecule has 2 N–H and O–H groups in total. The molecule has 3 nitrogen and oxygen atoms in total. The number of ether oxygens (including phenoxy) is 1. The minimum absolute atomic E-state index is 0.0231. The van der Waals surface area contributed by atoms with Gasteiger partial charge >= 0.3 is 0 Å². The second kappa shape index (κ2) is 2.58. The van der Waals surface area contributed by atoms with Crippen molar-refractivity contribution in [3.63, 3.8) is 0 Å². The number of hydrogen-bond acceptors (Lipinski definition) is 3. The van der Waals surface area contributed by atoms with Crippen LogP contribution in [0.2, 0.25) is 0 Å². The minimum Gasteiger partial charge on any atom is -0.470 e. The van der Waals surface area contributed by atoms with Gasteiger partial charge in [0.25, 0.3) is 0 Å². The van der Waals surface area contributed by atoms with Crippen molar-refractivity contribution in [1.29, 1.82) is 0 Å². The summed E-state index contributed by atoms with van der Waals surface area (Å²) in [5, 5.41) is 0. The van der Waals surface area contributed by atoms with E-state index in [1.165, 1.54) is 11.1 Å². The van der Waals surface area contributed by atoms with Crippen LogP contribution in [0.3, 0.4) is 0 Å². The first-order valence-electron chi connectivity index (χ1n) is 4.38. The van der Waals surface area contributed by atoms with Gasteiger partial charge < -0.3 is 4.74 Å². The quantitative estimate of drug-likeness (QED) is 0.613. The van der Waals surface area contributed by atoms with E-state index in [2.05, 4.69) is 23.0 Å². The third-order valence-electron chi connectivity index (χ3n) is 2.37. The fourth-order valence-electron chi connectivity index (χ4n) is 1.70. The third-order valence-corrected chi connectivity index (χ3v) is 2.37. The van der Waals surface area contributed by atoms with Crippen LogP contribution >= 0.6 is 0 Å². The summed E-state index contributed by atoms with van der Waals surface area (Å²) >= 11 is 0. The Labute approximate surface area is 76.4 Å². The Morgan fingerprint density at radius 3 is 3.23 bits per heavy atom. The maximum atomic E-state index is 5.71. The van der Waals surface area contributed by atoms with Crippen molar-refractivity contribution < 1.29 is 4.74 Å². The van der Waals surface area contributed by atoms with Gasteiger partial charge in [-0.25, -0.2) is 5.43 Å². The van der Waals surface area contributed by atoms with Gasteiger partial charge in [-0.05, 0) is 12.1 Å².